The molecule has 0 spiro atoms. The molecule has 0 aliphatic carbocycles. The Morgan fingerprint density at radius 1 is 0.882 bits per heavy atom. The molecule has 176 valence electrons. The number of hydrogen-bond acceptors (Lipinski definition) is 8. The second kappa shape index (κ2) is 9.12. The van der Waals surface area contributed by atoms with Crippen molar-refractivity contribution in [2.45, 2.75) is 25.6 Å². The molecule has 8 heteroatoms. The Balaban J connectivity index is 1.17. The molecule has 4 heterocycles. The van der Waals surface area contributed by atoms with Crippen molar-refractivity contribution in [2.24, 2.45) is 0 Å². The van der Waals surface area contributed by atoms with E-state index in [0.717, 1.165) is 75.6 Å². The molecule has 1 fully saturated rings. The zero-order valence-corrected chi connectivity index (χ0v) is 19.6. The fourth-order valence-corrected chi connectivity index (χ4v) is 5.13. The molecule has 0 radical (unpaired) electrons. The zero-order chi connectivity index (χ0) is 22.9. The summed E-state index contributed by atoms with van der Waals surface area (Å²) in [4.78, 5) is 17.3. The Morgan fingerprint density at radius 3 is 2.41 bits per heavy atom. The highest BCUT2D eigenvalue weighted by molar-refractivity contribution is 5.67. The summed E-state index contributed by atoms with van der Waals surface area (Å²) in [5.74, 6) is 3.73. The highest BCUT2D eigenvalue weighted by Gasteiger charge is 2.35. The SMILES string of the molecule is COc1ccc(CN2CCN(c3nc4c5c(n3)N(Cc3ccccc3)CCC5NN4)CC2)cc1. The third-order valence-electron chi connectivity index (χ3n) is 7.05. The average Bonchev–Trinajstić information content (AvgIpc) is 3.31. The molecule has 0 saturated carbocycles. The summed E-state index contributed by atoms with van der Waals surface area (Å²) in [6.07, 6.45) is 1.05. The second-order valence-corrected chi connectivity index (χ2v) is 9.24. The molecule has 1 saturated heterocycles. The zero-order valence-electron chi connectivity index (χ0n) is 19.6. The van der Waals surface area contributed by atoms with E-state index in [0.29, 0.717) is 0 Å². The summed E-state index contributed by atoms with van der Waals surface area (Å²) in [5.41, 5.74) is 10.6. The van der Waals surface area contributed by atoms with Crippen molar-refractivity contribution in [3.63, 3.8) is 0 Å². The number of ether oxygens (including phenoxy) is 1. The highest BCUT2D eigenvalue weighted by atomic mass is 16.5. The normalized spacial score (nSPS) is 19.6. The quantitative estimate of drug-likeness (QED) is 0.585. The molecular weight excluding hydrogens is 426 g/mol. The van der Waals surface area contributed by atoms with Crippen LogP contribution in [-0.2, 0) is 13.1 Å². The van der Waals surface area contributed by atoms with Gasteiger partial charge in [-0.25, -0.2) is 5.43 Å². The van der Waals surface area contributed by atoms with Gasteiger partial charge in [0.2, 0.25) is 5.95 Å². The molecule has 3 aliphatic rings. The lowest BCUT2D eigenvalue weighted by atomic mass is 10.0. The topological polar surface area (TPSA) is 68.8 Å². The average molecular weight is 458 g/mol. The van der Waals surface area contributed by atoms with E-state index < -0.39 is 0 Å². The Morgan fingerprint density at radius 2 is 1.65 bits per heavy atom. The lowest BCUT2D eigenvalue weighted by Gasteiger charge is -2.36. The fourth-order valence-electron chi connectivity index (χ4n) is 5.13. The minimum Gasteiger partial charge on any atom is -0.497 e. The van der Waals surface area contributed by atoms with Gasteiger partial charge < -0.3 is 20.0 Å². The van der Waals surface area contributed by atoms with Crippen LogP contribution in [0.1, 0.15) is 29.2 Å². The van der Waals surface area contributed by atoms with Crippen LogP contribution in [0.3, 0.4) is 0 Å². The summed E-state index contributed by atoms with van der Waals surface area (Å²) in [6, 6.07) is 19.3. The van der Waals surface area contributed by atoms with E-state index >= 15 is 0 Å². The van der Waals surface area contributed by atoms with Gasteiger partial charge >= 0.3 is 0 Å². The Hall–Kier alpha value is -3.36. The standard InChI is InChI=1S/C26H31N7O/c1-34-21-9-7-20(8-10-21)17-31-13-15-32(16-14-31)26-27-24-23-22(29-30-24)11-12-33(25(23)28-26)18-19-5-3-2-4-6-19/h2-10,22,29H,11-18H2,1H3,(H,27,28,30). The van der Waals surface area contributed by atoms with Crippen molar-refractivity contribution < 1.29 is 4.74 Å². The molecule has 1 unspecified atom stereocenters. The lowest BCUT2D eigenvalue weighted by Crippen LogP contribution is -2.46. The third-order valence-corrected chi connectivity index (χ3v) is 7.05. The maximum atomic E-state index is 5.28. The van der Waals surface area contributed by atoms with Crippen LogP contribution in [0, 0.1) is 0 Å². The molecule has 0 bridgehead atoms. The van der Waals surface area contributed by atoms with E-state index in [9.17, 15) is 0 Å². The van der Waals surface area contributed by atoms with Crippen molar-refractivity contribution in [2.75, 3.05) is 55.1 Å². The predicted octanol–water partition coefficient (Wildman–Crippen LogP) is 3.19. The van der Waals surface area contributed by atoms with Gasteiger partial charge in [-0.15, -0.1) is 0 Å². The molecule has 3 aliphatic heterocycles. The second-order valence-electron chi connectivity index (χ2n) is 9.24. The van der Waals surface area contributed by atoms with Gasteiger partial charge in [0.25, 0.3) is 0 Å². The van der Waals surface area contributed by atoms with E-state index in [2.05, 4.69) is 68.0 Å². The van der Waals surface area contributed by atoms with Gasteiger partial charge in [0, 0.05) is 45.8 Å². The van der Waals surface area contributed by atoms with Crippen LogP contribution in [0.5, 0.6) is 5.75 Å². The number of benzene rings is 2. The van der Waals surface area contributed by atoms with E-state index in [1.165, 1.54) is 16.7 Å². The molecule has 2 N–H and O–H groups in total. The summed E-state index contributed by atoms with van der Waals surface area (Å²) in [6.45, 7) is 6.62. The fraction of sp³-hybridized carbons (Fsp3) is 0.385. The number of nitrogens with zero attached hydrogens (tertiary/aromatic N) is 5. The predicted molar refractivity (Wildman–Crippen MR) is 134 cm³/mol. The third kappa shape index (κ3) is 4.15. The van der Waals surface area contributed by atoms with E-state index in [4.69, 9.17) is 14.7 Å². The molecule has 8 nitrogen and oxygen atoms in total. The number of rotatable bonds is 6. The molecule has 2 aromatic carbocycles. The molecule has 0 amide bonds. The van der Waals surface area contributed by atoms with Crippen LogP contribution in [0.2, 0.25) is 0 Å². The molecule has 1 atom stereocenters. The molecule has 34 heavy (non-hydrogen) atoms. The molecular formula is C26H31N7O. The largest absolute Gasteiger partial charge is 0.497 e. The van der Waals surface area contributed by atoms with Gasteiger partial charge in [0.1, 0.15) is 11.6 Å². The molecule has 3 aromatic rings. The van der Waals surface area contributed by atoms with E-state index in [1.54, 1.807) is 7.11 Å². The van der Waals surface area contributed by atoms with Gasteiger partial charge in [0.15, 0.2) is 5.82 Å². The number of nitrogens with one attached hydrogen (secondary N) is 2. The van der Waals surface area contributed by atoms with Crippen molar-refractivity contribution in [1.29, 1.82) is 0 Å². The molecule has 6 rings (SSSR count). The number of hydrogen-bond donors (Lipinski definition) is 2. The molecule has 1 aromatic heterocycles. The number of piperazine rings is 1. The maximum absolute atomic E-state index is 5.28. The first kappa shape index (κ1) is 21.2. The van der Waals surface area contributed by atoms with Crippen molar-refractivity contribution in [3.05, 3.63) is 71.3 Å². The maximum Gasteiger partial charge on any atom is 0.229 e. The summed E-state index contributed by atoms with van der Waals surface area (Å²) < 4.78 is 5.28. The Labute approximate surface area is 200 Å². The van der Waals surface area contributed by atoms with Crippen molar-refractivity contribution >= 4 is 17.6 Å². The first-order chi connectivity index (χ1) is 16.8. The number of aromatic nitrogens is 2. The monoisotopic (exact) mass is 457 g/mol. The first-order valence-electron chi connectivity index (χ1n) is 12.1. The van der Waals surface area contributed by atoms with E-state index in [1.807, 2.05) is 12.1 Å². The van der Waals surface area contributed by atoms with Crippen LogP contribution >= 0.6 is 0 Å². The van der Waals surface area contributed by atoms with Gasteiger partial charge in [-0.2, -0.15) is 9.97 Å². The first-order valence-corrected chi connectivity index (χ1v) is 12.1. The Kier molecular flexibility index (Phi) is 5.68. The van der Waals surface area contributed by atoms with E-state index in [-0.39, 0.29) is 6.04 Å². The lowest BCUT2D eigenvalue weighted by molar-refractivity contribution is 0.248. The van der Waals surface area contributed by atoms with Gasteiger partial charge in [0.05, 0.1) is 18.7 Å². The van der Waals surface area contributed by atoms with Crippen LogP contribution in [0.15, 0.2) is 54.6 Å². The minimum absolute atomic E-state index is 0.285. The van der Waals surface area contributed by atoms with Crippen LogP contribution < -0.4 is 25.4 Å². The number of anilines is 3. The summed E-state index contributed by atoms with van der Waals surface area (Å²) in [5, 5.41) is 0. The smallest absolute Gasteiger partial charge is 0.229 e. The van der Waals surface area contributed by atoms with Gasteiger partial charge in [-0.05, 0) is 29.7 Å². The van der Waals surface area contributed by atoms with Crippen LogP contribution in [-0.4, -0.2) is 54.7 Å². The summed E-state index contributed by atoms with van der Waals surface area (Å²) in [7, 11) is 1.70. The van der Waals surface area contributed by atoms with Crippen molar-refractivity contribution in [1.82, 2.24) is 20.3 Å². The Bertz CT molecular complexity index is 1130. The highest BCUT2D eigenvalue weighted by Crippen LogP contribution is 2.41. The minimum atomic E-state index is 0.285. The summed E-state index contributed by atoms with van der Waals surface area (Å²) >= 11 is 0. The number of methoxy groups -OCH3 is 1. The van der Waals surface area contributed by atoms with Gasteiger partial charge in [-0.3, -0.25) is 4.90 Å². The van der Waals surface area contributed by atoms with Gasteiger partial charge in [-0.1, -0.05) is 42.5 Å². The van der Waals surface area contributed by atoms with Crippen molar-refractivity contribution in [3.8, 4) is 5.75 Å². The van der Waals surface area contributed by atoms with Crippen LogP contribution in [0.25, 0.3) is 0 Å². The van der Waals surface area contributed by atoms with Crippen LogP contribution in [0.4, 0.5) is 17.6 Å². The number of hydrazine groups is 1.